The van der Waals surface area contributed by atoms with Crippen molar-refractivity contribution in [2.45, 2.75) is 122 Å². The highest BCUT2D eigenvalue weighted by Gasteiger charge is 2.75. The van der Waals surface area contributed by atoms with Gasteiger partial charge in [-0.1, -0.05) is 12.1 Å². The van der Waals surface area contributed by atoms with Crippen molar-refractivity contribution in [2.75, 3.05) is 19.8 Å². The van der Waals surface area contributed by atoms with Crippen LogP contribution in [0.3, 0.4) is 0 Å². The van der Waals surface area contributed by atoms with E-state index in [9.17, 15) is 96.4 Å². The second-order valence-electron chi connectivity index (χ2n) is 18.1. The average Bonchev–Trinajstić information content (AvgIpc) is 3.37. The van der Waals surface area contributed by atoms with Gasteiger partial charge >= 0.3 is 0 Å². The fourth-order valence-corrected chi connectivity index (χ4v) is 9.12. The Labute approximate surface area is 415 Å². The topological polar surface area (TPSA) is 456 Å². The van der Waals surface area contributed by atoms with E-state index in [0.717, 1.165) is 43.3 Å². The lowest BCUT2D eigenvalue weighted by atomic mass is 9.71. The first kappa shape index (κ1) is 54.6. The monoisotopic (exact) mass is 1050 g/mol. The quantitative estimate of drug-likeness (QED) is 0.0440. The van der Waals surface area contributed by atoms with Crippen molar-refractivity contribution in [1.82, 2.24) is 0 Å². The molecular weight excluding hydrogens is 996 g/mol. The number of aliphatic hydroxyl groups excluding tert-OH is 13. The highest BCUT2D eigenvalue weighted by Crippen LogP contribution is 2.49. The van der Waals surface area contributed by atoms with Crippen molar-refractivity contribution >= 4 is 22.8 Å². The van der Waals surface area contributed by atoms with Gasteiger partial charge in [0.15, 0.2) is 35.4 Å². The van der Waals surface area contributed by atoms with E-state index < -0.39 is 192 Å². The van der Waals surface area contributed by atoms with Crippen molar-refractivity contribution in [3.63, 3.8) is 0 Å². The van der Waals surface area contributed by atoms with E-state index in [0.29, 0.717) is 12.1 Å². The summed E-state index contributed by atoms with van der Waals surface area (Å²) < 4.78 is 46.6. The summed E-state index contributed by atoms with van der Waals surface area (Å²) >= 11 is 0. The van der Waals surface area contributed by atoms with Crippen molar-refractivity contribution in [3.05, 3.63) is 76.5 Å². The number of aliphatic hydroxyl groups is 13. The fourth-order valence-electron chi connectivity index (χ4n) is 9.12. The number of aromatic hydroxyl groups is 4. The van der Waals surface area contributed by atoms with Crippen LogP contribution in [-0.2, 0) is 28.5 Å². The Morgan fingerprint density at radius 3 is 2.01 bits per heavy atom. The van der Waals surface area contributed by atoms with E-state index in [4.69, 9.17) is 37.6 Å². The molecule has 1 aromatic heterocycles. The third kappa shape index (κ3) is 9.54. The van der Waals surface area contributed by atoms with E-state index in [1.54, 1.807) is 0 Å². The van der Waals surface area contributed by atoms with Gasteiger partial charge in [-0.25, -0.2) is 0 Å². The van der Waals surface area contributed by atoms with Gasteiger partial charge in [0.2, 0.25) is 23.1 Å². The van der Waals surface area contributed by atoms with Crippen LogP contribution in [0.5, 0.6) is 34.5 Å². The van der Waals surface area contributed by atoms with E-state index in [-0.39, 0.29) is 16.9 Å². The maximum absolute atomic E-state index is 14.7. The number of hydrogen-bond acceptors (Lipinski definition) is 27. The van der Waals surface area contributed by atoms with Crippen LogP contribution in [0, 0.1) is 0 Å². The normalized spacial score (nSPS) is 37.7. The lowest BCUT2D eigenvalue weighted by Gasteiger charge is -2.58. The van der Waals surface area contributed by atoms with Crippen LogP contribution in [0.15, 0.2) is 69.9 Å². The van der Waals surface area contributed by atoms with Gasteiger partial charge in [0.1, 0.15) is 108 Å². The van der Waals surface area contributed by atoms with Crippen LogP contribution in [0.1, 0.15) is 12.5 Å². The molecular formula is C47H54O27. The van der Waals surface area contributed by atoms with Crippen LogP contribution in [0.25, 0.3) is 28.4 Å². The summed E-state index contributed by atoms with van der Waals surface area (Å²) in [6.45, 7) is -1.44. The summed E-state index contributed by atoms with van der Waals surface area (Å²) in [5, 5.41) is 182. The van der Waals surface area contributed by atoms with E-state index in [1.165, 1.54) is 18.2 Å². The Kier molecular flexibility index (Phi) is 15.6. The Morgan fingerprint density at radius 1 is 0.703 bits per heavy atom. The minimum absolute atomic E-state index is 0.0554. The molecule has 74 heavy (non-hydrogen) atoms. The number of carbonyl (C=O) groups is 1. The minimum Gasteiger partial charge on any atom is -0.508 e. The summed E-state index contributed by atoms with van der Waals surface area (Å²) in [7, 11) is 0. The first-order valence-electron chi connectivity index (χ1n) is 22.7. The zero-order valence-electron chi connectivity index (χ0n) is 38.5. The van der Waals surface area contributed by atoms with Gasteiger partial charge in [-0.3, -0.25) is 9.59 Å². The number of phenolic OH excluding ortho intramolecular Hbond substituents is 4. The van der Waals surface area contributed by atoms with Gasteiger partial charge in [-0.05, 0) is 55.0 Å². The smallest absolute Gasteiger partial charge is 0.279 e. The predicted octanol–water partition coefficient (Wildman–Crippen LogP) is -5.00. The van der Waals surface area contributed by atoms with Crippen LogP contribution >= 0.6 is 0 Å². The van der Waals surface area contributed by atoms with E-state index in [1.807, 2.05) is 0 Å². The lowest BCUT2D eigenvalue weighted by molar-refractivity contribution is -0.405. The Bertz CT molecular complexity index is 2750. The second kappa shape index (κ2) is 21.2. The van der Waals surface area contributed by atoms with Gasteiger partial charge in [0.25, 0.3) is 5.79 Å². The number of hydrogen-bond donors (Lipinski definition) is 17. The third-order valence-electron chi connectivity index (χ3n) is 13.3. The molecule has 4 saturated heterocycles. The molecule has 4 aliphatic heterocycles. The second-order valence-corrected chi connectivity index (χ2v) is 18.1. The van der Waals surface area contributed by atoms with Gasteiger partial charge in [-0.15, -0.1) is 0 Å². The number of ether oxygens (including phenoxy) is 7. The molecule has 27 heteroatoms. The SMILES string of the molecule is CC1OC(Oc2cc(O)c3c(=O)c(OC4OC(COC5OC(CO)C(O)C(O)C5O)C(O)C(O)C4O)c(-c4ccc(O)cc4)oc3c2)(C2(C(=O)C=Cc3ccc(O)c(O)c3)OCC(O)C(O)C2O)C(O)C(O)C1O. The summed E-state index contributed by atoms with van der Waals surface area (Å²) in [6, 6.07) is 9.66. The lowest BCUT2D eigenvalue weighted by Crippen LogP contribution is -2.83. The zero-order chi connectivity index (χ0) is 53.9. The Morgan fingerprint density at radius 2 is 1.35 bits per heavy atom. The number of phenols is 4. The summed E-state index contributed by atoms with van der Waals surface area (Å²) in [4.78, 5) is 29.3. The molecule has 404 valence electrons. The number of carbonyl (C=O) groups excluding carboxylic acids is 1. The molecule has 27 nitrogen and oxygen atoms in total. The fraction of sp³-hybridized carbons (Fsp3) is 0.489. The molecule has 0 spiro atoms. The average molecular weight is 1050 g/mol. The molecule has 4 aromatic rings. The maximum atomic E-state index is 14.7. The molecule has 0 bridgehead atoms. The molecule has 0 radical (unpaired) electrons. The van der Waals surface area contributed by atoms with E-state index in [2.05, 4.69) is 0 Å². The van der Waals surface area contributed by atoms with Crippen molar-refractivity contribution in [2.24, 2.45) is 0 Å². The van der Waals surface area contributed by atoms with Crippen LogP contribution < -0.4 is 14.9 Å². The molecule has 19 unspecified atom stereocenters. The Balaban J connectivity index is 1.21. The first-order chi connectivity index (χ1) is 35.0. The Hall–Kier alpha value is -5.64. The van der Waals surface area contributed by atoms with Crippen molar-refractivity contribution < 1.29 is 129 Å². The molecule has 8 rings (SSSR count). The largest absolute Gasteiger partial charge is 0.508 e. The minimum atomic E-state index is -3.32. The summed E-state index contributed by atoms with van der Waals surface area (Å²) in [6.07, 6.45) is -32.3. The number of benzene rings is 3. The number of ketones is 1. The molecule has 0 saturated carbocycles. The molecule has 0 aliphatic carbocycles. The molecule has 19 atom stereocenters. The van der Waals surface area contributed by atoms with E-state index >= 15 is 0 Å². The highest BCUT2D eigenvalue weighted by atomic mass is 16.8. The van der Waals surface area contributed by atoms with Crippen LogP contribution in [-0.4, -0.2) is 228 Å². The summed E-state index contributed by atoms with van der Waals surface area (Å²) in [5.74, 6) is -9.32. The third-order valence-corrected chi connectivity index (χ3v) is 13.3. The zero-order valence-corrected chi connectivity index (χ0v) is 38.5. The van der Waals surface area contributed by atoms with Crippen molar-refractivity contribution in [1.29, 1.82) is 0 Å². The number of rotatable bonds is 13. The summed E-state index contributed by atoms with van der Waals surface area (Å²) in [5.41, 5.74) is -5.13. The molecule has 17 N–H and O–H groups in total. The predicted molar refractivity (Wildman–Crippen MR) is 241 cm³/mol. The van der Waals surface area contributed by atoms with Gasteiger partial charge < -0.3 is 124 Å². The standard InChI is InChI=1S/C47H54O27/c1-16-30(55)37(62)43(66)47(73-16,46(42(65)31(56)24(53)14-68-46)28(54)9-3-17-2-8-21(50)22(51)10-17)74-20-11-23(52)29-25(12-20)69-40(18-4-6-19(49)7-5-18)41(34(29)59)72-45-39(64)36(61)33(58)27(71-45)15-67-44-38(63)35(60)32(57)26(13-48)70-44/h2-12,16,24,26-27,30-33,35-39,42-45,48-53,55-58,60-66H,13-15H2,1H3. The van der Waals surface area contributed by atoms with Crippen LogP contribution in [0.4, 0.5) is 0 Å². The van der Waals surface area contributed by atoms with Crippen molar-refractivity contribution in [3.8, 4) is 45.8 Å². The van der Waals surface area contributed by atoms with Crippen LogP contribution in [0.2, 0.25) is 0 Å². The molecule has 4 fully saturated rings. The van der Waals surface area contributed by atoms with Gasteiger partial charge in [-0.2, -0.15) is 0 Å². The molecule has 5 heterocycles. The number of fused-ring (bicyclic) bond motifs is 1. The molecule has 0 amide bonds. The molecule has 3 aromatic carbocycles. The maximum Gasteiger partial charge on any atom is 0.279 e. The highest BCUT2D eigenvalue weighted by molar-refractivity contribution is 6.02. The van der Waals surface area contributed by atoms with Gasteiger partial charge in [0, 0.05) is 17.7 Å². The van der Waals surface area contributed by atoms with Gasteiger partial charge in [0.05, 0.1) is 25.9 Å². The first-order valence-corrected chi connectivity index (χ1v) is 22.7. The molecule has 4 aliphatic rings.